The molecule has 0 saturated heterocycles. The monoisotopic (exact) mass is 385 g/mol. The Kier molecular flexibility index (Phi) is 8.69. The molecule has 1 heterocycles. The van der Waals surface area contributed by atoms with Crippen LogP contribution in [0.25, 0.3) is 0 Å². The molecule has 0 unspecified atom stereocenters. The van der Waals surface area contributed by atoms with Crippen LogP contribution in [0.15, 0.2) is 13.6 Å². The summed E-state index contributed by atoms with van der Waals surface area (Å²) in [5.74, 6) is 0. The van der Waals surface area contributed by atoms with Crippen LogP contribution in [0.3, 0.4) is 0 Å². The van der Waals surface area contributed by atoms with E-state index in [1.165, 1.54) is 9.35 Å². The Bertz CT molecular complexity index is 320. The number of thiophene rings is 1. The molecule has 0 spiro atoms. The molecular weight excluding hydrogens is 370 g/mol. The van der Waals surface area contributed by atoms with Crippen molar-refractivity contribution in [2.24, 2.45) is 0 Å². The molecule has 98 valence electrons. The number of methoxy groups -OCH3 is 1. The normalized spacial score (nSPS) is 11.0. The van der Waals surface area contributed by atoms with Crippen LogP contribution in [0.5, 0.6) is 0 Å². The third kappa shape index (κ3) is 6.88. The number of hydrogen-bond donors (Lipinski definition) is 1. The quantitative estimate of drug-likeness (QED) is 0.661. The molecule has 0 radical (unpaired) electrons. The van der Waals surface area contributed by atoms with Crippen molar-refractivity contribution in [3.8, 4) is 0 Å². The Morgan fingerprint density at radius 2 is 2.00 bits per heavy atom. The maximum Gasteiger partial charge on any atom is 0.0743 e. The molecule has 1 aromatic heterocycles. The second kappa shape index (κ2) is 9.47. The van der Waals surface area contributed by atoms with Gasteiger partial charge in [0.05, 0.1) is 27.4 Å². The molecule has 3 nitrogen and oxygen atoms in total. The third-order valence-corrected chi connectivity index (χ3v) is 4.61. The standard InChI is InChI=1S/C11H17Br2NO2S/c1-15-6-3-14-4-7-16-5-2-9-8-10(12)17-11(9)13/h8,14H,2-7H2,1H3. The SMILES string of the molecule is COCCNCCOCCc1cc(Br)sc1Br. The van der Waals surface area contributed by atoms with E-state index in [1.54, 1.807) is 18.4 Å². The first-order chi connectivity index (χ1) is 8.24. The molecule has 0 amide bonds. The van der Waals surface area contributed by atoms with Crippen molar-refractivity contribution in [3.05, 3.63) is 19.2 Å². The van der Waals surface area contributed by atoms with Crippen LogP contribution in [0.1, 0.15) is 5.56 Å². The fourth-order valence-corrected chi connectivity index (χ4v) is 4.19. The summed E-state index contributed by atoms with van der Waals surface area (Å²) in [6.45, 7) is 4.00. The van der Waals surface area contributed by atoms with Crippen LogP contribution in [0.4, 0.5) is 0 Å². The average Bonchev–Trinajstić information content (AvgIpc) is 2.61. The minimum Gasteiger partial charge on any atom is -0.383 e. The Morgan fingerprint density at radius 3 is 2.65 bits per heavy atom. The number of hydrogen-bond acceptors (Lipinski definition) is 4. The van der Waals surface area contributed by atoms with E-state index in [0.717, 1.165) is 43.1 Å². The van der Waals surface area contributed by atoms with Gasteiger partial charge in [-0.2, -0.15) is 0 Å². The van der Waals surface area contributed by atoms with Gasteiger partial charge in [0.2, 0.25) is 0 Å². The summed E-state index contributed by atoms with van der Waals surface area (Å²) < 4.78 is 12.8. The second-order valence-electron chi connectivity index (χ2n) is 3.45. The van der Waals surface area contributed by atoms with E-state index in [0.29, 0.717) is 0 Å². The fraction of sp³-hybridized carbons (Fsp3) is 0.636. The first-order valence-electron chi connectivity index (χ1n) is 5.45. The van der Waals surface area contributed by atoms with E-state index in [2.05, 4.69) is 43.2 Å². The summed E-state index contributed by atoms with van der Waals surface area (Å²) in [5.41, 5.74) is 1.30. The lowest BCUT2D eigenvalue weighted by atomic mass is 10.3. The summed E-state index contributed by atoms with van der Waals surface area (Å²) in [4.78, 5) is 0. The van der Waals surface area contributed by atoms with Gasteiger partial charge < -0.3 is 14.8 Å². The molecule has 0 aliphatic rings. The minimum atomic E-state index is 0.743. The maximum absolute atomic E-state index is 5.55. The Labute approximate surface area is 123 Å². The van der Waals surface area contributed by atoms with Gasteiger partial charge in [-0.15, -0.1) is 11.3 Å². The highest BCUT2D eigenvalue weighted by molar-refractivity contribution is 9.12. The summed E-state index contributed by atoms with van der Waals surface area (Å²) in [7, 11) is 1.70. The van der Waals surface area contributed by atoms with E-state index >= 15 is 0 Å². The second-order valence-corrected chi connectivity index (χ2v) is 7.20. The van der Waals surface area contributed by atoms with Crippen molar-refractivity contribution in [2.45, 2.75) is 6.42 Å². The predicted molar refractivity (Wildman–Crippen MR) is 79.0 cm³/mol. The van der Waals surface area contributed by atoms with Crippen molar-refractivity contribution >= 4 is 43.2 Å². The van der Waals surface area contributed by atoms with Gasteiger partial charge in [0, 0.05) is 20.2 Å². The average molecular weight is 387 g/mol. The zero-order valence-corrected chi connectivity index (χ0v) is 13.8. The topological polar surface area (TPSA) is 30.5 Å². The van der Waals surface area contributed by atoms with Crippen LogP contribution in [-0.2, 0) is 15.9 Å². The summed E-state index contributed by atoms with van der Waals surface area (Å²) in [6, 6.07) is 2.13. The van der Waals surface area contributed by atoms with E-state index in [1.807, 2.05) is 0 Å². The molecule has 0 saturated carbocycles. The number of halogens is 2. The minimum absolute atomic E-state index is 0.743. The Morgan fingerprint density at radius 1 is 1.24 bits per heavy atom. The molecule has 0 aromatic carbocycles. The zero-order chi connectivity index (χ0) is 12.5. The Hall–Kier alpha value is 0.540. The summed E-state index contributed by atoms with van der Waals surface area (Å²) in [6.07, 6.45) is 0.945. The highest BCUT2D eigenvalue weighted by atomic mass is 79.9. The lowest BCUT2D eigenvalue weighted by molar-refractivity contribution is 0.135. The molecule has 6 heteroatoms. The van der Waals surface area contributed by atoms with Crippen LogP contribution < -0.4 is 5.32 Å². The van der Waals surface area contributed by atoms with Crippen LogP contribution in [-0.4, -0.2) is 40.0 Å². The third-order valence-electron chi connectivity index (χ3n) is 2.15. The fourth-order valence-electron chi connectivity index (χ4n) is 1.27. The van der Waals surface area contributed by atoms with E-state index in [-0.39, 0.29) is 0 Å². The smallest absolute Gasteiger partial charge is 0.0743 e. The van der Waals surface area contributed by atoms with Crippen molar-refractivity contribution < 1.29 is 9.47 Å². The highest BCUT2D eigenvalue weighted by Crippen LogP contribution is 2.31. The van der Waals surface area contributed by atoms with Crippen LogP contribution in [0, 0.1) is 0 Å². The van der Waals surface area contributed by atoms with Crippen molar-refractivity contribution in [1.82, 2.24) is 5.32 Å². The van der Waals surface area contributed by atoms with Gasteiger partial charge in [-0.1, -0.05) is 0 Å². The van der Waals surface area contributed by atoms with Gasteiger partial charge in [-0.25, -0.2) is 0 Å². The van der Waals surface area contributed by atoms with Crippen molar-refractivity contribution in [3.63, 3.8) is 0 Å². The predicted octanol–water partition coefficient (Wildman–Crippen LogP) is 3.07. The molecule has 1 rings (SSSR count). The maximum atomic E-state index is 5.55. The van der Waals surface area contributed by atoms with E-state index in [9.17, 15) is 0 Å². The molecule has 0 aliphatic carbocycles. The largest absolute Gasteiger partial charge is 0.383 e. The number of nitrogens with one attached hydrogen (secondary N) is 1. The molecular formula is C11H17Br2NO2S. The summed E-state index contributed by atoms with van der Waals surface area (Å²) in [5, 5.41) is 3.24. The Balaban J connectivity index is 1.99. The van der Waals surface area contributed by atoms with Gasteiger partial charge in [0.15, 0.2) is 0 Å². The number of ether oxygens (including phenoxy) is 2. The summed E-state index contributed by atoms with van der Waals surface area (Å²) >= 11 is 8.70. The van der Waals surface area contributed by atoms with E-state index in [4.69, 9.17) is 9.47 Å². The molecule has 0 atom stereocenters. The van der Waals surface area contributed by atoms with Gasteiger partial charge >= 0.3 is 0 Å². The zero-order valence-electron chi connectivity index (χ0n) is 9.80. The van der Waals surface area contributed by atoms with Gasteiger partial charge in [0.25, 0.3) is 0 Å². The highest BCUT2D eigenvalue weighted by Gasteiger charge is 2.04. The number of rotatable bonds is 9. The molecule has 0 aliphatic heterocycles. The molecule has 0 fully saturated rings. The van der Waals surface area contributed by atoms with Crippen LogP contribution in [0.2, 0.25) is 0 Å². The van der Waals surface area contributed by atoms with Crippen LogP contribution >= 0.6 is 43.2 Å². The van der Waals surface area contributed by atoms with Gasteiger partial charge in [-0.3, -0.25) is 0 Å². The molecule has 1 N–H and O–H groups in total. The lowest BCUT2D eigenvalue weighted by Gasteiger charge is -2.05. The molecule has 17 heavy (non-hydrogen) atoms. The van der Waals surface area contributed by atoms with Gasteiger partial charge in [0.1, 0.15) is 0 Å². The molecule has 1 aromatic rings. The van der Waals surface area contributed by atoms with Gasteiger partial charge in [-0.05, 0) is 49.9 Å². The van der Waals surface area contributed by atoms with E-state index < -0.39 is 0 Å². The first kappa shape index (κ1) is 15.6. The first-order valence-corrected chi connectivity index (χ1v) is 7.85. The molecule has 0 bridgehead atoms. The lowest BCUT2D eigenvalue weighted by Crippen LogP contribution is -2.23. The van der Waals surface area contributed by atoms with Crippen molar-refractivity contribution in [1.29, 1.82) is 0 Å². The van der Waals surface area contributed by atoms with Crippen molar-refractivity contribution in [2.75, 3.05) is 40.0 Å².